The van der Waals surface area contributed by atoms with E-state index in [4.69, 9.17) is 21.7 Å². The molecule has 1 aliphatic rings. The molecule has 0 aliphatic carbocycles. The third-order valence-electron chi connectivity index (χ3n) is 3.82. The fourth-order valence-electron chi connectivity index (χ4n) is 2.49. The number of thioether (sulfide) groups is 2. The van der Waals surface area contributed by atoms with Crippen LogP contribution in [0.15, 0.2) is 17.0 Å². The summed E-state index contributed by atoms with van der Waals surface area (Å²) in [4.78, 5) is 25.8. The first kappa shape index (κ1) is 21.4. The Kier molecular flexibility index (Phi) is 7.40. The number of carbonyl (C=O) groups excluding carboxylic acids is 1. The first-order chi connectivity index (χ1) is 12.8. The normalized spacial score (nSPS) is 16.7. The third kappa shape index (κ3) is 4.69. The number of rotatable bonds is 8. The lowest BCUT2D eigenvalue weighted by Crippen LogP contribution is -2.44. The molecule has 27 heavy (non-hydrogen) atoms. The minimum atomic E-state index is -1.09. The van der Waals surface area contributed by atoms with Gasteiger partial charge in [0.05, 0.1) is 19.1 Å². The van der Waals surface area contributed by atoms with Gasteiger partial charge in [0, 0.05) is 0 Å². The molecule has 0 spiro atoms. The number of carboxylic acids is 1. The van der Waals surface area contributed by atoms with E-state index in [1.54, 1.807) is 18.2 Å². The third-order valence-corrected chi connectivity index (χ3v) is 5.79. The van der Waals surface area contributed by atoms with Crippen molar-refractivity contribution in [2.24, 2.45) is 0 Å². The number of nitrogens with zero attached hydrogens (tertiary/aromatic N) is 1. The number of amides is 1. The van der Waals surface area contributed by atoms with E-state index >= 15 is 0 Å². The highest BCUT2D eigenvalue weighted by molar-refractivity contribution is 8.26. The van der Waals surface area contributed by atoms with Gasteiger partial charge in [-0.2, -0.15) is 11.8 Å². The second-order valence-corrected chi connectivity index (χ2v) is 8.12. The molecule has 1 saturated heterocycles. The molecule has 0 radical (unpaired) electrons. The Morgan fingerprint density at radius 1 is 1.37 bits per heavy atom. The quantitative estimate of drug-likeness (QED) is 0.478. The summed E-state index contributed by atoms with van der Waals surface area (Å²) >= 11 is 7.79. The molecule has 2 rings (SSSR count). The molecule has 1 unspecified atom stereocenters. The maximum atomic E-state index is 12.8. The standard InChI is InChI=1S/C17H19NO6S3/c1-23-11-6-9(7-12(24-2)14(11)19)8-13-15(20)18(17(25)27-13)10(16(21)22)4-5-26-3/h6-8,10,19H,4-5H2,1-3H3,(H,21,22)/b13-8-. The van der Waals surface area contributed by atoms with Crippen LogP contribution in [0.5, 0.6) is 17.2 Å². The SMILES string of the molecule is COc1cc(/C=C2\SC(=S)N(C(CCSC)C(=O)O)C2=O)cc(OC)c1O. The van der Waals surface area contributed by atoms with Gasteiger partial charge in [-0.15, -0.1) is 0 Å². The Labute approximate surface area is 170 Å². The Hall–Kier alpha value is -1.91. The lowest BCUT2D eigenvalue weighted by atomic mass is 10.1. The van der Waals surface area contributed by atoms with Crippen molar-refractivity contribution < 1.29 is 29.3 Å². The molecule has 0 bridgehead atoms. The van der Waals surface area contributed by atoms with Crippen molar-refractivity contribution in [1.82, 2.24) is 4.90 Å². The summed E-state index contributed by atoms with van der Waals surface area (Å²) in [6.07, 6.45) is 3.74. The van der Waals surface area contributed by atoms with Crippen molar-refractivity contribution >= 4 is 58.0 Å². The van der Waals surface area contributed by atoms with Crippen molar-refractivity contribution in [2.75, 3.05) is 26.2 Å². The van der Waals surface area contributed by atoms with Crippen LogP contribution in [0, 0.1) is 0 Å². The van der Waals surface area contributed by atoms with Crippen LogP contribution in [0.4, 0.5) is 0 Å². The van der Waals surface area contributed by atoms with Crippen LogP contribution in [0.1, 0.15) is 12.0 Å². The van der Waals surface area contributed by atoms with Crippen molar-refractivity contribution in [1.29, 1.82) is 0 Å². The predicted molar refractivity (Wildman–Crippen MR) is 111 cm³/mol. The van der Waals surface area contributed by atoms with Gasteiger partial charge in [-0.3, -0.25) is 9.69 Å². The minimum absolute atomic E-state index is 0.146. The van der Waals surface area contributed by atoms with Crippen LogP contribution < -0.4 is 9.47 Å². The molecule has 2 N–H and O–H groups in total. The zero-order chi connectivity index (χ0) is 20.1. The number of hydrogen-bond donors (Lipinski definition) is 2. The van der Waals surface area contributed by atoms with Gasteiger partial charge in [0.1, 0.15) is 10.4 Å². The van der Waals surface area contributed by atoms with Crippen LogP contribution in [0.3, 0.4) is 0 Å². The van der Waals surface area contributed by atoms with Crippen LogP contribution in [0.2, 0.25) is 0 Å². The Morgan fingerprint density at radius 2 is 1.96 bits per heavy atom. The largest absolute Gasteiger partial charge is 0.502 e. The molecule has 1 heterocycles. The highest BCUT2D eigenvalue weighted by Crippen LogP contribution is 2.40. The molecule has 1 atom stereocenters. The number of ether oxygens (including phenoxy) is 2. The Bertz CT molecular complexity index is 770. The molecule has 1 aromatic carbocycles. The summed E-state index contributed by atoms with van der Waals surface area (Å²) in [5.41, 5.74) is 0.554. The molecule has 7 nitrogen and oxygen atoms in total. The minimum Gasteiger partial charge on any atom is -0.502 e. The number of aliphatic carboxylic acids is 1. The lowest BCUT2D eigenvalue weighted by Gasteiger charge is -2.22. The summed E-state index contributed by atoms with van der Waals surface area (Å²) in [6, 6.07) is 2.10. The number of carboxylic acid groups (broad SMARTS) is 1. The summed E-state index contributed by atoms with van der Waals surface area (Å²) in [6.45, 7) is 0. The average molecular weight is 430 g/mol. The van der Waals surface area contributed by atoms with Gasteiger partial charge in [0.25, 0.3) is 5.91 Å². The van der Waals surface area contributed by atoms with Crippen LogP contribution in [-0.2, 0) is 9.59 Å². The number of thiocarbonyl (C=S) groups is 1. The van der Waals surface area contributed by atoms with Crippen molar-refractivity contribution in [2.45, 2.75) is 12.5 Å². The second-order valence-electron chi connectivity index (χ2n) is 5.46. The van der Waals surface area contributed by atoms with Gasteiger partial charge in [0.2, 0.25) is 5.75 Å². The number of phenols is 1. The molecule has 1 amide bonds. The molecule has 146 valence electrons. The zero-order valence-corrected chi connectivity index (χ0v) is 17.4. The highest BCUT2D eigenvalue weighted by Gasteiger charge is 2.40. The summed E-state index contributed by atoms with van der Waals surface area (Å²) in [5, 5.41) is 19.5. The highest BCUT2D eigenvalue weighted by atomic mass is 32.2. The first-order valence-electron chi connectivity index (χ1n) is 7.77. The fraction of sp³-hybridized carbons (Fsp3) is 0.353. The molecule has 0 aromatic heterocycles. The van der Waals surface area contributed by atoms with Crippen molar-refractivity contribution in [3.05, 3.63) is 22.6 Å². The lowest BCUT2D eigenvalue weighted by molar-refractivity contribution is -0.145. The van der Waals surface area contributed by atoms with Gasteiger partial charge in [0.15, 0.2) is 11.5 Å². The first-order valence-corrected chi connectivity index (χ1v) is 10.4. The van der Waals surface area contributed by atoms with Gasteiger partial charge in [-0.1, -0.05) is 24.0 Å². The topological polar surface area (TPSA) is 96.3 Å². The van der Waals surface area contributed by atoms with Gasteiger partial charge >= 0.3 is 5.97 Å². The number of phenolic OH excluding ortho intramolecular Hbond substituents is 1. The van der Waals surface area contributed by atoms with E-state index in [2.05, 4.69) is 0 Å². The Balaban J connectivity index is 2.37. The van der Waals surface area contributed by atoms with E-state index < -0.39 is 17.9 Å². The van der Waals surface area contributed by atoms with Crippen LogP contribution in [0.25, 0.3) is 6.08 Å². The van der Waals surface area contributed by atoms with E-state index in [9.17, 15) is 19.8 Å². The van der Waals surface area contributed by atoms with Crippen molar-refractivity contribution in [3.8, 4) is 17.2 Å². The van der Waals surface area contributed by atoms with Crippen LogP contribution in [-0.4, -0.2) is 63.6 Å². The molecular formula is C17H19NO6S3. The number of aromatic hydroxyl groups is 1. The molecule has 1 aliphatic heterocycles. The second kappa shape index (κ2) is 9.34. The van der Waals surface area contributed by atoms with Gasteiger partial charge in [-0.05, 0) is 42.2 Å². The van der Waals surface area contributed by atoms with E-state index in [-0.39, 0.29) is 21.6 Å². The number of hydrogen-bond acceptors (Lipinski definition) is 8. The maximum absolute atomic E-state index is 12.8. The van der Waals surface area contributed by atoms with E-state index in [1.165, 1.54) is 26.0 Å². The predicted octanol–water partition coefficient (Wildman–Crippen LogP) is 2.82. The average Bonchev–Trinajstić information content (AvgIpc) is 2.90. The monoisotopic (exact) mass is 429 g/mol. The summed E-state index contributed by atoms with van der Waals surface area (Å²) in [5.74, 6) is -0.704. The summed E-state index contributed by atoms with van der Waals surface area (Å²) in [7, 11) is 2.81. The fourth-order valence-corrected chi connectivity index (χ4v) is 4.31. The zero-order valence-electron chi connectivity index (χ0n) is 14.9. The molecule has 1 aromatic rings. The molecular weight excluding hydrogens is 410 g/mol. The van der Waals surface area contributed by atoms with E-state index in [0.29, 0.717) is 22.6 Å². The molecule has 0 saturated carbocycles. The number of methoxy groups -OCH3 is 2. The van der Waals surface area contributed by atoms with E-state index in [1.807, 2.05) is 6.26 Å². The molecule has 1 fully saturated rings. The summed E-state index contributed by atoms with van der Waals surface area (Å²) < 4.78 is 10.4. The molecule has 10 heteroatoms. The van der Waals surface area contributed by atoms with Crippen molar-refractivity contribution in [3.63, 3.8) is 0 Å². The number of benzene rings is 1. The number of carbonyl (C=O) groups is 2. The van der Waals surface area contributed by atoms with Crippen LogP contribution >= 0.6 is 35.7 Å². The Morgan fingerprint density at radius 3 is 2.44 bits per heavy atom. The van der Waals surface area contributed by atoms with E-state index in [0.717, 1.165) is 16.7 Å². The maximum Gasteiger partial charge on any atom is 0.326 e. The van der Waals surface area contributed by atoms with Gasteiger partial charge < -0.3 is 19.7 Å². The van der Waals surface area contributed by atoms with Gasteiger partial charge in [-0.25, -0.2) is 4.79 Å². The smallest absolute Gasteiger partial charge is 0.326 e.